The van der Waals surface area contributed by atoms with Gasteiger partial charge in [0.2, 0.25) is 41.4 Å². The number of carbonyl (C=O) groups is 10. The van der Waals surface area contributed by atoms with Crippen molar-refractivity contribution in [3.05, 3.63) is 29.8 Å². The Kier molecular flexibility index (Phi) is 35.4. The van der Waals surface area contributed by atoms with Crippen molar-refractivity contribution in [2.45, 2.75) is 156 Å². The lowest BCUT2D eigenvalue weighted by molar-refractivity contribution is -0.148. The Morgan fingerprint density at radius 1 is 0.750 bits per heavy atom. The van der Waals surface area contributed by atoms with E-state index in [2.05, 4.69) is 42.6 Å². The Bertz CT molecular complexity index is 2440. The van der Waals surface area contributed by atoms with E-state index < -0.39 is 126 Å². The molecule has 1 aromatic carbocycles. The number of terminal acetylenes is 1. The highest BCUT2D eigenvalue weighted by Crippen LogP contribution is 2.30. The standard InChI is InChI=1S/C61H100N10O17/c1-16-28-85-29-30-86-31-32-87-36-47(72)67-50(37(3)4)57(77)66-44(20-18-26-63-60(62)80)56(76)65-43-24-22-42(23-25-43)35-88-61(81)70(12)52(39(7)8)58(78)68-51(38(5)6)59(79)69(11)53(40(9)17-2)46(82-13)33-48(73)71-27-19-21-45(71)54(84-15)41(10)55(75)64-34-49(74)83-14/h1,22-25,37-41,44-46,50-54H,17-21,26-36H2,2-15H3,(H,64,75)(H,65,76)(H,66,77)(H,67,72)(H,68,78)(H3,62,63,80)/t40?,41-,44?,45+,46-,50+,51+,52+,53+,54-/m1/s1. The van der Waals surface area contributed by atoms with Crippen LogP contribution >= 0.6 is 0 Å². The third kappa shape index (κ3) is 25.5. The number of likely N-dealkylation sites (tertiary alicyclic amines) is 1. The van der Waals surface area contributed by atoms with Crippen molar-refractivity contribution >= 4 is 65.1 Å². The molecule has 27 heteroatoms. The van der Waals surface area contributed by atoms with Gasteiger partial charge in [0.15, 0.2) is 0 Å². The first-order valence-electron chi connectivity index (χ1n) is 30.0. The van der Waals surface area contributed by atoms with E-state index in [4.69, 9.17) is 40.6 Å². The summed E-state index contributed by atoms with van der Waals surface area (Å²) in [6.07, 6.45) is 4.93. The summed E-state index contributed by atoms with van der Waals surface area (Å²) in [5.74, 6) is -3.90. The molecule has 2 unspecified atom stereocenters. The van der Waals surface area contributed by atoms with Crippen LogP contribution in [0.1, 0.15) is 106 Å². The average Bonchev–Trinajstić information content (AvgIpc) is 2.43. The minimum atomic E-state index is -1.12. The number of carbonyl (C=O) groups excluding carboxylic acids is 10. The second kappa shape index (κ2) is 40.4. The lowest BCUT2D eigenvalue weighted by Crippen LogP contribution is -2.60. The molecular formula is C61H100N10O17. The van der Waals surface area contributed by atoms with E-state index in [0.717, 1.165) is 0 Å². The van der Waals surface area contributed by atoms with Gasteiger partial charge in [0.05, 0.1) is 70.2 Å². The molecule has 27 nitrogen and oxygen atoms in total. The highest BCUT2D eigenvalue weighted by Gasteiger charge is 2.44. The summed E-state index contributed by atoms with van der Waals surface area (Å²) in [4.78, 5) is 138. The van der Waals surface area contributed by atoms with Gasteiger partial charge in [-0.25, -0.2) is 9.59 Å². The summed E-state index contributed by atoms with van der Waals surface area (Å²) in [7, 11) is 7.22. The second-order valence-corrected chi connectivity index (χ2v) is 22.9. The number of hydrogen-bond donors (Lipinski definition) is 7. The highest BCUT2D eigenvalue weighted by molar-refractivity contribution is 5.98. The summed E-state index contributed by atoms with van der Waals surface area (Å²) in [6.45, 7) is 16.9. The number of amides is 10. The second-order valence-electron chi connectivity index (χ2n) is 22.9. The highest BCUT2D eigenvalue weighted by atomic mass is 16.6. The summed E-state index contributed by atoms with van der Waals surface area (Å²) in [6, 6.07) is 0.226. The zero-order chi connectivity index (χ0) is 66.2. The number of benzene rings is 1. The minimum Gasteiger partial charge on any atom is -0.468 e. The Labute approximate surface area is 519 Å². The van der Waals surface area contributed by atoms with Crippen LogP contribution in [-0.2, 0) is 78.1 Å². The zero-order valence-corrected chi connectivity index (χ0v) is 54.1. The van der Waals surface area contributed by atoms with Crippen LogP contribution in [0.2, 0.25) is 0 Å². The van der Waals surface area contributed by atoms with Gasteiger partial charge in [-0.15, -0.1) is 6.42 Å². The van der Waals surface area contributed by atoms with Crippen LogP contribution in [0, 0.1) is 41.9 Å². The van der Waals surface area contributed by atoms with E-state index in [1.165, 1.54) is 38.2 Å². The molecule has 8 N–H and O–H groups in total. The minimum absolute atomic E-state index is 0.0823. The Hall–Kier alpha value is -7.12. The number of methoxy groups -OCH3 is 3. The number of likely N-dealkylation sites (N-methyl/N-ethyl adjacent to an activating group) is 2. The van der Waals surface area contributed by atoms with Gasteiger partial charge in [-0.1, -0.05) is 86.8 Å². The van der Waals surface area contributed by atoms with E-state index >= 15 is 0 Å². The molecule has 496 valence electrons. The molecule has 1 aliphatic heterocycles. The first-order chi connectivity index (χ1) is 41.7. The van der Waals surface area contributed by atoms with Crippen molar-refractivity contribution in [3.8, 4) is 12.3 Å². The van der Waals surface area contributed by atoms with Crippen molar-refractivity contribution in [1.82, 2.24) is 41.3 Å². The molecule has 0 aliphatic carbocycles. The predicted molar refractivity (Wildman–Crippen MR) is 326 cm³/mol. The topological polar surface area (TPSA) is 343 Å². The number of nitrogens with two attached hydrogens (primary N) is 1. The molecule has 10 amide bonds. The first-order valence-corrected chi connectivity index (χ1v) is 30.0. The molecule has 1 aromatic rings. The van der Waals surface area contributed by atoms with Gasteiger partial charge in [0.25, 0.3) is 0 Å². The monoisotopic (exact) mass is 1240 g/mol. The van der Waals surface area contributed by atoms with Crippen molar-refractivity contribution in [2.75, 3.05) is 100 Å². The fraction of sp³-hybridized carbons (Fsp3) is 0.705. The van der Waals surface area contributed by atoms with Crippen molar-refractivity contribution in [1.29, 1.82) is 0 Å². The van der Waals surface area contributed by atoms with Crippen molar-refractivity contribution in [3.63, 3.8) is 0 Å². The quantitative estimate of drug-likeness (QED) is 0.0282. The maximum absolute atomic E-state index is 14.7. The van der Waals surface area contributed by atoms with Gasteiger partial charge >= 0.3 is 18.1 Å². The van der Waals surface area contributed by atoms with Crippen molar-refractivity contribution < 1.29 is 81.1 Å². The van der Waals surface area contributed by atoms with E-state index in [0.29, 0.717) is 50.3 Å². The largest absolute Gasteiger partial charge is 0.468 e. The Balaban J connectivity index is 2.17. The number of nitrogens with zero attached hydrogens (tertiary/aromatic N) is 3. The number of rotatable bonds is 40. The van der Waals surface area contributed by atoms with Gasteiger partial charge in [-0.2, -0.15) is 0 Å². The molecular weight excluding hydrogens is 1140 g/mol. The number of anilines is 1. The zero-order valence-electron chi connectivity index (χ0n) is 54.1. The number of ether oxygens (including phenoxy) is 7. The summed E-state index contributed by atoms with van der Waals surface area (Å²) in [5.41, 5.74) is 6.09. The molecule has 1 aliphatic rings. The molecule has 0 spiro atoms. The number of esters is 1. The van der Waals surface area contributed by atoms with E-state index in [9.17, 15) is 47.9 Å². The van der Waals surface area contributed by atoms with Crippen LogP contribution in [0.4, 0.5) is 15.3 Å². The first kappa shape index (κ1) is 77.0. The van der Waals surface area contributed by atoms with Gasteiger partial charge in [-0.05, 0) is 67.1 Å². The summed E-state index contributed by atoms with van der Waals surface area (Å²) >= 11 is 0. The molecule has 2 rings (SSSR count). The van der Waals surface area contributed by atoms with Gasteiger partial charge in [0.1, 0.15) is 50.5 Å². The van der Waals surface area contributed by atoms with Crippen LogP contribution in [0.3, 0.4) is 0 Å². The van der Waals surface area contributed by atoms with Crippen molar-refractivity contribution in [2.24, 2.45) is 35.3 Å². The molecule has 10 atom stereocenters. The van der Waals surface area contributed by atoms with Crippen LogP contribution in [0.25, 0.3) is 0 Å². The molecule has 0 saturated carbocycles. The molecule has 1 saturated heterocycles. The van der Waals surface area contributed by atoms with E-state index in [1.54, 1.807) is 84.7 Å². The smallest absolute Gasteiger partial charge is 0.410 e. The Morgan fingerprint density at radius 2 is 1.39 bits per heavy atom. The van der Waals surface area contributed by atoms with Crippen LogP contribution < -0.4 is 37.6 Å². The van der Waals surface area contributed by atoms with E-state index in [-0.39, 0.29) is 77.2 Å². The SMILES string of the molecule is C#CCOCCOCCOCC(=O)N[C@H](C(=O)NC(CCCNC(N)=O)C(=O)Nc1ccc(COC(=O)N(C)[C@H](C(=O)N[C@H](C(=O)N(C)[C@@H](C(C)CC)[C@@H](CC(=O)N2CCC[C@H]2[C@H](OC)[C@@H](C)C(=O)NCC(=O)OC)OC)C(C)C)C(C)C)cc1)C(C)C. The lowest BCUT2D eigenvalue weighted by atomic mass is 9.89. The normalized spacial score (nSPS) is 16.1. The van der Waals surface area contributed by atoms with Crippen LogP contribution in [0.15, 0.2) is 24.3 Å². The number of hydrogen-bond acceptors (Lipinski definition) is 17. The lowest BCUT2D eigenvalue weighted by Gasteiger charge is -2.41. The summed E-state index contributed by atoms with van der Waals surface area (Å²) < 4.78 is 38.0. The van der Waals surface area contributed by atoms with E-state index in [1.807, 2.05) is 13.8 Å². The van der Waals surface area contributed by atoms with Crippen LogP contribution in [-0.4, -0.2) is 217 Å². The van der Waals surface area contributed by atoms with Gasteiger partial charge < -0.3 is 80.6 Å². The molecule has 0 radical (unpaired) electrons. The van der Waals surface area contributed by atoms with Gasteiger partial charge in [-0.3, -0.25) is 43.3 Å². The number of nitrogens with one attached hydrogen (secondary N) is 6. The molecule has 0 bridgehead atoms. The Morgan fingerprint density at radius 3 is 1.95 bits per heavy atom. The number of primary amides is 1. The number of urea groups is 1. The van der Waals surface area contributed by atoms with Gasteiger partial charge in [0, 0.05) is 47.1 Å². The fourth-order valence-electron chi connectivity index (χ4n) is 10.3. The van der Waals surface area contributed by atoms with Crippen LogP contribution in [0.5, 0.6) is 0 Å². The third-order valence-electron chi connectivity index (χ3n) is 15.3. The fourth-order valence-corrected chi connectivity index (χ4v) is 10.3. The molecule has 0 aromatic heterocycles. The maximum Gasteiger partial charge on any atom is 0.410 e. The molecule has 1 heterocycles. The molecule has 88 heavy (non-hydrogen) atoms. The molecule has 1 fully saturated rings. The summed E-state index contributed by atoms with van der Waals surface area (Å²) in [5, 5.41) is 16.1. The maximum atomic E-state index is 14.7. The third-order valence-corrected chi connectivity index (χ3v) is 15.3. The predicted octanol–water partition coefficient (Wildman–Crippen LogP) is 2.33. The average molecular weight is 1250 g/mol.